The van der Waals surface area contributed by atoms with Crippen molar-refractivity contribution in [2.24, 2.45) is 0 Å². The van der Waals surface area contributed by atoms with E-state index in [1.165, 1.54) is 7.05 Å². The highest BCUT2D eigenvalue weighted by Crippen LogP contribution is 2.48. The van der Waals surface area contributed by atoms with Crippen molar-refractivity contribution >= 4 is 11.9 Å². The van der Waals surface area contributed by atoms with Gasteiger partial charge < -0.3 is 15.4 Å². The van der Waals surface area contributed by atoms with Gasteiger partial charge in [-0.3, -0.25) is 9.59 Å². The van der Waals surface area contributed by atoms with Gasteiger partial charge in [-0.15, -0.1) is 0 Å². The van der Waals surface area contributed by atoms with Crippen LogP contribution in [0.4, 0.5) is 13.2 Å². The number of carbonyl (C=O) groups is 2. The summed E-state index contributed by atoms with van der Waals surface area (Å²) in [5.41, 5.74) is -1.35. The Bertz CT molecular complexity index is 586. The van der Waals surface area contributed by atoms with Crippen molar-refractivity contribution in [1.82, 2.24) is 10.6 Å². The summed E-state index contributed by atoms with van der Waals surface area (Å²) in [6, 6.07) is 7.94. The summed E-state index contributed by atoms with van der Waals surface area (Å²) in [5, 5.41) is 4.59. The maximum absolute atomic E-state index is 12.8. The summed E-state index contributed by atoms with van der Waals surface area (Å²) in [6.07, 6.45) is -5.16. The van der Waals surface area contributed by atoms with Crippen molar-refractivity contribution in [3.63, 3.8) is 0 Å². The van der Waals surface area contributed by atoms with Gasteiger partial charge in [-0.1, -0.05) is 30.3 Å². The van der Waals surface area contributed by atoms with Crippen LogP contribution >= 0.6 is 0 Å². The molecule has 0 aliphatic heterocycles. The maximum atomic E-state index is 12.8. The minimum atomic E-state index is -4.48. The van der Waals surface area contributed by atoms with E-state index >= 15 is 0 Å². The number of benzene rings is 1. The van der Waals surface area contributed by atoms with E-state index in [1.807, 2.05) is 11.4 Å². The lowest BCUT2D eigenvalue weighted by Gasteiger charge is -2.22. The number of halogens is 3. The predicted octanol–water partition coefficient (Wildman–Crippen LogP) is 1.92. The molecule has 2 rings (SSSR count). The molecule has 0 bridgehead atoms. The second-order valence-electron chi connectivity index (χ2n) is 5.77. The van der Waals surface area contributed by atoms with E-state index in [0.29, 0.717) is 0 Å². The van der Waals surface area contributed by atoms with Crippen LogP contribution in [0.15, 0.2) is 30.3 Å². The quantitative estimate of drug-likeness (QED) is 0.742. The molecule has 1 atom stereocenters. The van der Waals surface area contributed by atoms with Crippen molar-refractivity contribution in [2.45, 2.75) is 43.6 Å². The smallest absolute Gasteiger partial charge is 0.411 e. The van der Waals surface area contributed by atoms with Gasteiger partial charge in [0.25, 0.3) is 0 Å². The Morgan fingerprint density at radius 2 is 1.88 bits per heavy atom. The molecule has 1 aromatic carbocycles. The molecule has 0 heterocycles. The van der Waals surface area contributed by atoms with E-state index in [0.717, 1.165) is 5.56 Å². The summed E-state index contributed by atoms with van der Waals surface area (Å²) in [6.45, 7) is 0.0337. The van der Waals surface area contributed by atoms with Crippen molar-refractivity contribution in [3.05, 3.63) is 35.9 Å². The fourth-order valence-electron chi connectivity index (χ4n) is 2.24. The number of esters is 1. The molecule has 0 radical (unpaired) electrons. The van der Waals surface area contributed by atoms with Crippen LogP contribution in [0.3, 0.4) is 0 Å². The first-order valence-corrected chi connectivity index (χ1v) is 7.53. The molecule has 1 fully saturated rings. The summed E-state index contributed by atoms with van der Waals surface area (Å²) < 4.78 is 43.6. The fraction of sp³-hybridized carbons (Fsp3) is 0.500. The second-order valence-corrected chi connectivity index (χ2v) is 5.77. The molecule has 2 N–H and O–H groups in total. The highest BCUT2D eigenvalue weighted by molar-refractivity contribution is 5.86. The standard InChI is InChI=1S/C16H19F3N2O3/c1-20-12(14(23)24-10-11-5-3-2-4-6-11)9-13(22)21-15(7-8-15)16(17,18)19/h2-6,12,20H,7-10H2,1H3,(H,21,22)/t12-/m0/s1. The first-order valence-electron chi connectivity index (χ1n) is 7.53. The van der Waals surface area contributed by atoms with E-state index in [-0.39, 0.29) is 19.4 Å². The summed E-state index contributed by atoms with van der Waals surface area (Å²) in [4.78, 5) is 23.8. The van der Waals surface area contributed by atoms with Crippen LogP contribution in [0.5, 0.6) is 0 Å². The number of nitrogens with one attached hydrogen (secondary N) is 2. The van der Waals surface area contributed by atoms with Crippen LogP contribution in [0.25, 0.3) is 0 Å². The summed E-state index contributed by atoms with van der Waals surface area (Å²) in [7, 11) is 1.44. The van der Waals surface area contributed by atoms with Crippen molar-refractivity contribution < 1.29 is 27.5 Å². The SMILES string of the molecule is CN[C@@H](CC(=O)NC1(C(F)(F)F)CC1)C(=O)OCc1ccccc1. The molecular weight excluding hydrogens is 325 g/mol. The summed E-state index contributed by atoms with van der Waals surface area (Å²) in [5.74, 6) is -1.52. The Morgan fingerprint density at radius 3 is 2.38 bits per heavy atom. The predicted molar refractivity (Wildman–Crippen MR) is 79.9 cm³/mol. The number of rotatable bonds is 7. The van der Waals surface area contributed by atoms with Gasteiger partial charge in [0.2, 0.25) is 5.91 Å². The van der Waals surface area contributed by atoms with Crippen LogP contribution in [-0.2, 0) is 20.9 Å². The Morgan fingerprint density at radius 1 is 1.25 bits per heavy atom. The fourth-order valence-corrected chi connectivity index (χ4v) is 2.24. The second kappa shape index (κ2) is 7.21. The van der Waals surface area contributed by atoms with Gasteiger partial charge in [0.05, 0.1) is 6.42 Å². The van der Waals surface area contributed by atoms with Gasteiger partial charge >= 0.3 is 12.1 Å². The third kappa shape index (κ3) is 4.47. The van der Waals surface area contributed by atoms with Crippen molar-refractivity contribution in [1.29, 1.82) is 0 Å². The molecule has 1 amide bonds. The molecule has 0 saturated heterocycles. The van der Waals surface area contributed by atoms with Gasteiger partial charge in [0, 0.05) is 0 Å². The molecule has 132 valence electrons. The lowest BCUT2D eigenvalue weighted by molar-refractivity contribution is -0.170. The zero-order valence-corrected chi connectivity index (χ0v) is 13.2. The molecule has 1 aromatic rings. The number of hydrogen-bond donors (Lipinski definition) is 2. The molecule has 5 nitrogen and oxygen atoms in total. The maximum Gasteiger partial charge on any atom is 0.411 e. The highest BCUT2D eigenvalue weighted by atomic mass is 19.4. The monoisotopic (exact) mass is 344 g/mol. The molecule has 8 heteroatoms. The number of amides is 1. The lowest BCUT2D eigenvalue weighted by Crippen LogP contribution is -2.50. The lowest BCUT2D eigenvalue weighted by atomic mass is 10.1. The minimum Gasteiger partial charge on any atom is -0.460 e. The van der Waals surface area contributed by atoms with Gasteiger partial charge in [-0.2, -0.15) is 13.2 Å². The molecule has 1 aliphatic rings. The van der Waals surface area contributed by atoms with Crippen LogP contribution in [0.2, 0.25) is 0 Å². The number of alkyl halides is 3. The van der Waals surface area contributed by atoms with E-state index < -0.39 is 36.1 Å². The van der Waals surface area contributed by atoms with Gasteiger partial charge in [0.15, 0.2) is 0 Å². The third-order valence-corrected chi connectivity index (χ3v) is 3.92. The minimum absolute atomic E-state index is 0.0337. The van der Waals surface area contributed by atoms with E-state index in [1.54, 1.807) is 24.3 Å². The molecule has 24 heavy (non-hydrogen) atoms. The highest BCUT2D eigenvalue weighted by Gasteiger charge is 2.64. The first kappa shape index (κ1) is 18.3. The van der Waals surface area contributed by atoms with E-state index in [2.05, 4.69) is 5.32 Å². The average Bonchev–Trinajstić information content (AvgIpc) is 3.32. The van der Waals surface area contributed by atoms with Crippen LogP contribution in [0, 0.1) is 0 Å². The largest absolute Gasteiger partial charge is 0.460 e. The number of hydrogen-bond acceptors (Lipinski definition) is 4. The normalized spacial score (nSPS) is 17.0. The van der Waals surface area contributed by atoms with Crippen LogP contribution in [0.1, 0.15) is 24.8 Å². The molecule has 0 spiro atoms. The van der Waals surface area contributed by atoms with Crippen LogP contribution < -0.4 is 10.6 Å². The average molecular weight is 344 g/mol. The number of ether oxygens (including phenoxy) is 1. The van der Waals surface area contributed by atoms with Gasteiger partial charge in [0.1, 0.15) is 18.2 Å². The number of carbonyl (C=O) groups excluding carboxylic acids is 2. The number of likely N-dealkylation sites (N-methyl/N-ethyl adjacent to an activating group) is 1. The molecule has 0 unspecified atom stereocenters. The molecular formula is C16H19F3N2O3. The van der Waals surface area contributed by atoms with Crippen LogP contribution in [-0.4, -0.2) is 36.7 Å². The Hall–Kier alpha value is -2.09. The molecule has 1 aliphatic carbocycles. The van der Waals surface area contributed by atoms with E-state index in [4.69, 9.17) is 4.74 Å². The topological polar surface area (TPSA) is 67.4 Å². The Balaban J connectivity index is 1.85. The summed E-state index contributed by atoms with van der Waals surface area (Å²) >= 11 is 0. The first-order chi connectivity index (χ1) is 11.3. The van der Waals surface area contributed by atoms with E-state index in [9.17, 15) is 22.8 Å². The zero-order valence-electron chi connectivity index (χ0n) is 13.2. The van der Waals surface area contributed by atoms with Crippen molar-refractivity contribution in [2.75, 3.05) is 7.05 Å². The molecule has 0 aromatic heterocycles. The molecule has 1 saturated carbocycles. The van der Waals surface area contributed by atoms with Crippen molar-refractivity contribution in [3.8, 4) is 0 Å². The van der Waals surface area contributed by atoms with Gasteiger partial charge in [-0.25, -0.2) is 0 Å². The Labute approximate surface area is 137 Å². The van der Waals surface area contributed by atoms with Gasteiger partial charge in [-0.05, 0) is 25.5 Å². The Kier molecular flexibility index (Phi) is 5.48. The zero-order chi connectivity index (χ0) is 17.8. The third-order valence-electron chi connectivity index (χ3n) is 3.92.